The Hall–Kier alpha value is -1.12. The Kier molecular flexibility index (Phi) is 6.28. The van der Waals surface area contributed by atoms with E-state index in [1.54, 1.807) is 25.1 Å². The lowest BCUT2D eigenvalue weighted by molar-refractivity contribution is -0.122. The number of nitrogens with one attached hydrogen (secondary N) is 2. The Labute approximate surface area is 154 Å². The number of carbonyl (C=O) groups is 2. The van der Waals surface area contributed by atoms with E-state index in [0.29, 0.717) is 15.9 Å². The van der Waals surface area contributed by atoms with Gasteiger partial charge in [-0.1, -0.05) is 27.5 Å². The van der Waals surface area contributed by atoms with Crippen LogP contribution in [0.3, 0.4) is 0 Å². The number of benzene rings is 1. The third-order valence-electron chi connectivity index (χ3n) is 3.81. The molecule has 24 heavy (non-hydrogen) atoms. The van der Waals surface area contributed by atoms with Crippen LogP contribution in [0.4, 0.5) is 0 Å². The normalized spacial score (nSPS) is 20.4. The summed E-state index contributed by atoms with van der Waals surface area (Å²) in [6.07, 6.45) is 0.553. The summed E-state index contributed by atoms with van der Waals surface area (Å²) < 4.78 is 23.5. The molecule has 0 bridgehead atoms. The topological polar surface area (TPSA) is 92.3 Å². The monoisotopic (exact) mass is 436 g/mol. The van der Waals surface area contributed by atoms with Gasteiger partial charge in [-0.15, -0.1) is 0 Å². The van der Waals surface area contributed by atoms with Crippen molar-refractivity contribution >= 4 is 49.2 Å². The summed E-state index contributed by atoms with van der Waals surface area (Å²) >= 11 is 9.25. The molecule has 0 aromatic heterocycles. The molecule has 2 rings (SSSR count). The maximum atomic E-state index is 12.2. The largest absolute Gasteiger partial charge is 0.354 e. The van der Waals surface area contributed by atoms with Gasteiger partial charge in [0.15, 0.2) is 9.84 Å². The van der Waals surface area contributed by atoms with Gasteiger partial charge in [0.2, 0.25) is 5.91 Å². The smallest absolute Gasteiger partial charge is 0.253 e. The number of halogens is 2. The molecule has 1 saturated heterocycles. The highest BCUT2D eigenvalue weighted by atomic mass is 79.9. The number of sulfone groups is 1. The molecule has 1 aromatic rings. The van der Waals surface area contributed by atoms with Crippen LogP contribution in [0.2, 0.25) is 5.02 Å². The minimum absolute atomic E-state index is 0.0682. The van der Waals surface area contributed by atoms with E-state index in [-0.39, 0.29) is 35.4 Å². The van der Waals surface area contributed by atoms with Crippen molar-refractivity contribution in [2.75, 3.05) is 18.1 Å². The third kappa shape index (κ3) is 5.19. The van der Waals surface area contributed by atoms with Crippen LogP contribution in [0.1, 0.15) is 23.7 Å². The van der Waals surface area contributed by atoms with E-state index in [1.165, 1.54) is 0 Å². The van der Waals surface area contributed by atoms with Crippen molar-refractivity contribution in [3.05, 3.63) is 33.3 Å². The van der Waals surface area contributed by atoms with Crippen molar-refractivity contribution in [3.63, 3.8) is 0 Å². The fourth-order valence-corrected chi connectivity index (χ4v) is 4.87. The van der Waals surface area contributed by atoms with Gasteiger partial charge in [-0.3, -0.25) is 9.59 Å². The lowest BCUT2D eigenvalue weighted by atomic mass is 10.1. The molecule has 6 nitrogen and oxygen atoms in total. The molecule has 2 unspecified atom stereocenters. The highest BCUT2D eigenvalue weighted by Gasteiger charge is 2.28. The quantitative estimate of drug-likeness (QED) is 0.734. The first kappa shape index (κ1) is 19.2. The van der Waals surface area contributed by atoms with Crippen LogP contribution in [0, 0.1) is 5.92 Å². The van der Waals surface area contributed by atoms with Gasteiger partial charge in [0.25, 0.3) is 5.91 Å². The zero-order valence-corrected chi connectivity index (χ0v) is 16.2. The van der Waals surface area contributed by atoms with Crippen molar-refractivity contribution < 1.29 is 18.0 Å². The lowest BCUT2D eigenvalue weighted by Crippen LogP contribution is -2.46. The van der Waals surface area contributed by atoms with Gasteiger partial charge in [0.05, 0.1) is 22.1 Å². The Bertz CT molecular complexity index is 754. The molecule has 2 amide bonds. The maximum Gasteiger partial charge on any atom is 0.253 e. The van der Waals surface area contributed by atoms with Crippen molar-refractivity contribution in [2.45, 2.75) is 19.4 Å². The van der Waals surface area contributed by atoms with Gasteiger partial charge in [-0.25, -0.2) is 8.42 Å². The second-order valence-electron chi connectivity index (χ2n) is 5.83. The minimum Gasteiger partial charge on any atom is -0.354 e. The number of carbonyl (C=O) groups excluding carboxylic acids is 2. The van der Waals surface area contributed by atoms with E-state index in [0.717, 1.165) is 0 Å². The van der Waals surface area contributed by atoms with Gasteiger partial charge >= 0.3 is 0 Å². The van der Waals surface area contributed by atoms with Crippen molar-refractivity contribution in [2.24, 2.45) is 5.92 Å². The molecular weight excluding hydrogens is 420 g/mol. The fourth-order valence-electron chi connectivity index (χ4n) is 2.44. The Morgan fingerprint density at radius 1 is 1.42 bits per heavy atom. The summed E-state index contributed by atoms with van der Waals surface area (Å²) in [5, 5.41) is 5.56. The Balaban J connectivity index is 1.87. The molecular formula is C15H18BrClN2O4S. The van der Waals surface area contributed by atoms with Crippen LogP contribution in [0.25, 0.3) is 0 Å². The molecule has 1 aliphatic heterocycles. The molecule has 0 aliphatic carbocycles. The molecule has 1 heterocycles. The van der Waals surface area contributed by atoms with Crippen LogP contribution in [0.15, 0.2) is 22.7 Å². The lowest BCUT2D eigenvalue weighted by Gasteiger charge is -2.16. The maximum absolute atomic E-state index is 12.2. The summed E-state index contributed by atoms with van der Waals surface area (Å²) in [6.45, 7) is 1.85. The van der Waals surface area contributed by atoms with Gasteiger partial charge in [-0.05, 0) is 37.5 Å². The minimum atomic E-state index is -2.97. The molecule has 1 aromatic carbocycles. The Morgan fingerprint density at radius 3 is 2.75 bits per heavy atom. The molecule has 0 radical (unpaired) electrons. The van der Waals surface area contributed by atoms with Crippen molar-refractivity contribution in [1.29, 1.82) is 0 Å². The number of hydrogen-bond donors (Lipinski definition) is 2. The molecule has 1 aliphatic rings. The summed E-state index contributed by atoms with van der Waals surface area (Å²) in [4.78, 5) is 24.3. The Morgan fingerprint density at radius 2 is 2.12 bits per heavy atom. The second-order valence-corrected chi connectivity index (χ2v) is 9.39. The summed E-state index contributed by atoms with van der Waals surface area (Å²) in [7, 11) is -2.97. The predicted octanol–water partition coefficient (Wildman–Crippen LogP) is 1.77. The summed E-state index contributed by atoms with van der Waals surface area (Å²) in [5.41, 5.74) is 0.271. The zero-order chi connectivity index (χ0) is 17.9. The van der Waals surface area contributed by atoms with Gasteiger partial charge in [-0.2, -0.15) is 0 Å². The van der Waals surface area contributed by atoms with E-state index in [9.17, 15) is 18.0 Å². The van der Waals surface area contributed by atoms with E-state index < -0.39 is 21.8 Å². The third-order valence-corrected chi connectivity index (χ3v) is 6.47. The molecule has 1 fully saturated rings. The number of amides is 2. The van der Waals surface area contributed by atoms with Crippen LogP contribution in [0.5, 0.6) is 0 Å². The van der Waals surface area contributed by atoms with Gasteiger partial charge < -0.3 is 10.6 Å². The summed E-state index contributed by atoms with van der Waals surface area (Å²) in [5.74, 6) is -0.615. The fraction of sp³-hybridized carbons (Fsp3) is 0.467. The predicted molar refractivity (Wildman–Crippen MR) is 95.9 cm³/mol. The highest BCUT2D eigenvalue weighted by Crippen LogP contribution is 2.21. The van der Waals surface area contributed by atoms with Crippen molar-refractivity contribution in [1.82, 2.24) is 10.6 Å². The average Bonchev–Trinajstić information content (AvgIpc) is 2.86. The molecule has 132 valence electrons. The highest BCUT2D eigenvalue weighted by molar-refractivity contribution is 9.10. The SMILES string of the molecule is CC(NC(=O)c1cc(Br)ccc1Cl)C(=O)NCC1CCS(=O)(=O)C1. The number of hydrogen-bond acceptors (Lipinski definition) is 4. The zero-order valence-electron chi connectivity index (χ0n) is 13.0. The molecule has 0 spiro atoms. The van der Waals surface area contributed by atoms with Gasteiger partial charge in [0.1, 0.15) is 6.04 Å². The average molecular weight is 438 g/mol. The van der Waals surface area contributed by atoms with Crippen LogP contribution in [-0.4, -0.2) is 44.3 Å². The van der Waals surface area contributed by atoms with Crippen LogP contribution >= 0.6 is 27.5 Å². The number of rotatable bonds is 5. The molecule has 9 heteroatoms. The second kappa shape index (κ2) is 7.84. The van der Waals surface area contributed by atoms with E-state index in [4.69, 9.17) is 11.6 Å². The first-order valence-corrected chi connectivity index (χ1v) is 10.4. The van der Waals surface area contributed by atoms with E-state index >= 15 is 0 Å². The van der Waals surface area contributed by atoms with Crippen LogP contribution in [-0.2, 0) is 14.6 Å². The van der Waals surface area contributed by atoms with E-state index in [1.807, 2.05) is 0 Å². The van der Waals surface area contributed by atoms with E-state index in [2.05, 4.69) is 26.6 Å². The standard InChI is InChI=1S/C15H18BrClN2O4S/c1-9(14(20)18-7-10-4-5-24(22,23)8-10)19-15(21)12-6-11(16)2-3-13(12)17/h2-3,6,9-10H,4-5,7-8H2,1H3,(H,18,20)(H,19,21). The molecule has 2 atom stereocenters. The molecule has 2 N–H and O–H groups in total. The molecule has 0 saturated carbocycles. The van der Waals surface area contributed by atoms with Gasteiger partial charge in [0, 0.05) is 11.0 Å². The van der Waals surface area contributed by atoms with Crippen molar-refractivity contribution in [3.8, 4) is 0 Å². The first-order chi connectivity index (χ1) is 11.2. The first-order valence-electron chi connectivity index (χ1n) is 7.42. The van der Waals surface area contributed by atoms with Crippen LogP contribution < -0.4 is 10.6 Å². The summed E-state index contributed by atoms with van der Waals surface area (Å²) in [6, 6.07) is 4.12.